The standard InChI is InChI=1S/C28H25NO2/c1-18-13-14-19(2)24(17-18)29-27(30)25-22(20-9-5-3-6-10-20)15-16-23(26(25)28(29)31)21-11-7-4-8-12-21/h3-17,22-23,25-26H,1-2H3/t22-,23-,25-,26+/m0/s1. The second kappa shape index (κ2) is 7.66. The van der Waals surface area contributed by atoms with Crippen molar-refractivity contribution in [1.29, 1.82) is 0 Å². The lowest BCUT2D eigenvalue weighted by molar-refractivity contribution is -0.122. The molecule has 0 unspecified atom stereocenters. The summed E-state index contributed by atoms with van der Waals surface area (Å²) in [5.41, 5.74) is 4.83. The molecule has 1 aliphatic carbocycles. The number of benzene rings is 3. The van der Waals surface area contributed by atoms with Crippen molar-refractivity contribution >= 4 is 17.5 Å². The number of rotatable bonds is 3. The van der Waals surface area contributed by atoms with Gasteiger partial charge in [-0.1, -0.05) is 84.9 Å². The summed E-state index contributed by atoms with van der Waals surface area (Å²) >= 11 is 0. The minimum absolute atomic E-state index is 0.0946. The number of aryl methyl sites for hydroxylation is 2. The maximum absolute atomic E-state index is 13.8. The van der Waals surface area contributed by atoms with Crippen LogP contribution in [0.3, 0.4) is 0 Å². The van der Waals surface area contributed by atoms with Gasteiger partial charge in [0.15, 0.2) is 0 Å². The summed E-state index contributed by atoms with van der Waals surface area (Å²) in [5.74, 6) is -1.24. The summed E-state index contributed by atoms with van der Waals surface area (Å²) in [6.07, 6.45) is 4.26. The van der Waals surface area contributed by atoms with E-state index in [-0.39, 0.29) is 23.7 Å². The molecule has 3 aromatic rings. The fourth-order valence-corrected chi connectivity index (χ4v) is 5.13. The first-order valence-electron chi connectivity index (χ1n) is 10.8. The van der Waals surface area contributed by atoms with Gasteiger partial charge in [0.05, 0.1) is 17.5 Å². The highest BCUT2D eigenvalue weighted by atomic mass is 16.2. The van der Waals surface area contributed by atoms with E-state index in [1.54, 1.807) is 0 Å². The average molecular weight is 408 g/mol. The van der Waals surface area contributed by atoms with Crippen LogP contribution < -0.4 is 4.90 Å². The first kappa shape index (κ1) is 19.5. The molecule has 5 rings (SSSR count). The average Bonchev–Trinajstić information content (AvgIpc) is 3.07. The molecule has 4 atom stereocenters. The van der Waals surface area contributed by atoms with E-state index in [1.165, 1.54) is 4.90 Å². The molecular weight excluding hydrogens is 382 g/mol. The van der Waals surface area contributed by atoms with Crippen molar-refractivity contribution in [3.63, 3.8) is 0 Å². The number of allylic oxidation sites excluding steroid dienone is 2. The summed E-state index contributed by atoms with van der Waals surface area (Å²) in [7, 11) is 0. The molecular formula is C28H25NO2. The minimum Gasteiger partial charge on any atom is -0.274 e. The Hall–Kier alpha value is -3.46. The number of anilines is 1. The second-order valence-corrected chi connectivity index (χ2v) is 8.61. The molecule has 3 heteroatoms. The summed E-state index contributed by atoms with van der Waals surface area (Å²) in [6, 6.07) is 26.1. The highest BCUT2D eigenvalue weighted by molar-refractivity contribution is 6.23. The molecule has 0 spiro atoms. The third kappa shape index (κ3) is 3.21. The molecule has 2 amide bonds. The molecule has 31 heavy (non-hydrogen) atoms. The van der Waals surface area contributed by atoms with Crippen molar-refractivity contribution in [2.45, 2.75) is 25.7 Å². The number of imide groups is 1. The Morgan fingerprint density at radius 2 is 1.13 bits per heavy atom. The van der Waals surface area contributed by atoms with E-state index in [0.717, 1.165) is 22.3 Å². The highest BCUT2D eigenvalue weighted by Crippen LogP contribution is 2.50. The molecule has 0 aromatic heterocycles. The first-order valence-corrected chi connectivity index (χ1v) is 10.8. The van der Waals surface area contributed by atoms with Crippen LogP contribution in [0.2, 0.25) is 0 Å². The molecule has 0 radical (unpaired) electrons. The van der Waals surface area contributed by atoms with Gasteiger partial charge in [-0.2, -0.15) is 0 Å². The number of hydrogen-bond acceptors (Lipinski definition) is 2. The molecule has 0 N–H and O–H groups in total. The summed E-state index contributed by atoms with van der Waals surface area (Å²) in [4.78, 5) is 29.1. The lowest BCUT2D eigenvalue weighted by atomic mass is 9.68. The maximum atomic E-state index is 13.8. The normalized spacial score (nSPS) is 25.0. The molecule has 1 fully saturated rings. The van der Waals surface area contributed by atoms with Gasteiger partial charge in [-0.05, 0) is 42.2 Å². The van der Waals surface area contributed by atoms with Gasteiger partial charge in [-0.25, -0.2) is 4.90 Å². The lowest BCUT2D eigenvalue weighted by Crippen LogP contribution is -2.32. The third-order valence-corrected chi connectivity index (χ3v) is 6.67. The van der Waals surface area contributed by atoms with Crippen LogP contribution in [0, 0.1) is 25.7 Å². The molecule has 1 saturated heterocycles. The molecule has 0 bridgehead atoms. The van der Waals surface area contributed by atoms with Crippen LogP contribution in [0.5, 0.6) is 0 Å². The Morgan fingerprint density at radius 1 is 0.645 bits per heavy atom. The Morgan fingerprint density at radius 3 is 1.61 bits per heavy atom. The van der Waals surface area contributed by atoms with Gasteiger partial charge in [0, 0.05) is 11.8 Å². The summed E-state index contributed by atoms with van der Waals surface area (Å²) in [5, 5.41) is 0. The number of amides is 2. The molecule has 154 valence electrons. The smallest absolute Gasteiger partial charge is 0.238 e. The zero-order valence-electron chi connectivity index (χ0n) is 17.7. The van der Waals surface area contributed by atoms with Crippen LogP contribution in [0.15, 0.2) is 91.0 Å². The Labute approximate surface area is 183 Å². The summed E-state index contributed by atoms with van der Waals surface area (Å²) < 4.78 is 0. The minimum atomic E-state index is -0.412. The topological polar surface area (TPSA) is 37.4 Å². The second-order valence-electron chi connectivity index (χ2n) is 8.61. The molecule has 1 heterocycles. The van der Waals surface area contributed by atoms with Crippen molar-refractivity contribution in [2.75, 3.05) is 4.90 Å². The zero-order valence-corrected chi connectivity index (χ0v) is 17.7. The van der Waals surface area contributed by atoms with Gasteiger partial charge < -0.3 is 0 Å². The fraction of sp³-hybridized carbons (Fsp3) is 0.214. The zero-order chi connectivity index (χ0) is 21.5. The van der Waals surface area contributed by atoms with E-state index in [2.05, 4.69) is 12.2 Å². The highest BCUT2D eigenvalue weighted by Gasteiger charge is 2.55. The summed E-state index contributed by atoms with van der Waals surface area (Å²) in [6.45, 7) is 3.95. The number of fused-ring (bicyclic) bond motifs is 1. The molecule has 3 nitrogen and oxygen atoms in total. The molecule has 2 aliphatic rings. The van der Waals surface area contributed by atoms with Crippen molar-refractivity contribution in [3.8, 4) is 0 Å². The van der Waals surface area contributed by atoms with Crippen molar-refractivity contribution in [3.05, 3.63) is 113 Å². The number of carbonyl (C=O) groups is 2. The first-order chi connectivity index (χ1) is 15.1. The van der Waals surface area contributed by atoms with Gasteiger partial charge in [0.1, 0.15) is 0 Å². The fourth-order valence-electron chi connectivity index (χ4n) is 5.13. The van der Waals surface area contributed by atoms with Crippen LogP contribution in [0.4, 0.5) is 5.69 Å². The van der Waals surface area contributed by atoms with E-state index in [0.29, 0.717) is 5.69 Å². The van der Waals surface area contributed by atoms with E-state index in [4.69, 9.17) is 0 Å². The van der Waals surface area contributed by atoms with Crippen LogP contribution in [-0.2, 0) is 9.59 Å². The van der Waals surface area contributed by atoms with Crippen molar-refractivity contribution in [2.24, 2.45) is 11.8 Å². The van der Waals surface area contributed by atoms with Crippen LogP contribution >= 0.6 is 0 Å². The maximum Gasteiger partial charge on any atom is 0.238 e. The molecule has 0 saturated carbocycles. The van der Waals surface area contributed by atoms with Gasteiger partial charge in [-0.15, -0.1) is 0 Å². The largest absolute Gasteiger partial charge is 0.274 e. The van der Waals surface area contributed by atoms with Gasteiger partial charge in [0.2, 0.25) is 11.8 Å². The lowest BCUT2D eigenvalue weighted by Gasteiger charge is -2.32. The van der Waals surface area contributed by atoms with E-state index >= 15 is 0 Å². The van der Waals surface area contributed by atoms with E-state index in [1.807, 2.05) is 92.7 Å². The molecule has 3 aromatic carbocycles. The number of carbonyl (C=O) groups excluding carboxylic acids is 2. The van der Waals surface area contributed by atoms with Crippen LogP contribution in [0.1, 0.15) is 34.1 Å². The van der Waals surface area contributed by atoms with Gasteiger partial charge in [0.25, 0.3) is 0 Å². The van der Waals surface area contributed by atoms with E-state index < -0.39 is 11.8 Å². The predicted molar refractivity (Wildman–Crippen MR) is 123 cm³/mol. The SMILES string of the molecule is Cc1ccc(C)c(N2C(=O)[C@@H]3[C@H](C2=O)[C@H](c2ccccc2)C=C[C@H]3c2ccccc2)c1. The van der Waals surface area contributed by atoms with E-state index in [9.17, 15) is 9.59 Å². The van der Waals surface area contributed by atoms with Gasteiger partial charge in [-0.3, -0.25) is 9.59 Å². The van der Waals surface area contributed by atoms with Crippen molar-refractivity contribution < 1.29 is 9.59 Å². The number of hydrogen-bond donors (Lipinski definition) is 0. The third-order valence-electron chi connectivity index (χ3n) is 6.67. The Kier molecular flexibility index (Phi) is 4.82. The monoisotopic (exact) mass is 407 g/mol. The quantitative estimate of drug-likeness (QED) is 0.422. The Balaban J connectivity index is 1.65. The number of nitrogens with zero attached hydrogens (tertiary/aromatic N) is 1. The molecule has 1 aliphatic heterocycles. The van der Waals surface area contributed by atoms with Crippen LogP contribution in [-0.4, -0.2) is 11.8 Å². The Bertz CT molecular complexity index is 1100. The van der Waals surface area contributed by atoms with Gasteiger partial charge >= 0.3 is 0 Å². The van der Waals surface area contributed by atoms with Crippen molar-refractivity contribution in [1.82, 2.24) is 0 Å². The van der Waals surface area contributed by atoms with Crippen LogP contribution in [0.25, 0.3) is 0 Å². The predicted octanol–water partition coefficient (Wildman–Crippen LogP) is 5.55.